The van der Waals surface area contributed by atoms with Crippen molar-refractivity contribution in [1.29, 1.82) is 0 Å². The predicted molar refractivity (Wildman–Crippen MR) is 299 cm³/mol. The summed E-state index contributed by atoms with van der Waals surface area (Å²) in [6, 6.07) is 84.7. The monoisotopic (exact) mass is 1050 g/mol. The first-order valence-electron chi connectivity index (χ1n) is 25.0. The van der Waals surface area contributed by atoms with Gasteiger partial charge in [0, 0.05) is 27.2 Å². The smallest absolute Gasteiger partial charge is 0.135 e. The molecule has 1 aliphatic heterocycles. The standard InChI is InChI=1S/C68H42IN2O2/c1-5-16-61-50(12-1)51-13-2-6-17-62(51)70(61)48-25-27-60-55(39-48)54-35-44(21-20-41(54)32-33-69-60)47-24-30-66-57(38-47)56-36-45(22-28-65(56)72-66)42-10-9-11-43(34-42)46-23-29-67-58(37-46)59-40-49(26-31-68(59)73-67)71-63-18-7-3-14-52(63)53-15-4-8-19-64(53)71/h1-31,34-40H,32-33H2/q-1. The summed E-state index contributed by atoms with van der Waals surface area (Å²) >= 11 is -0.119. The molecule has 15 aromatic rings. The van der Waals surface area contributed by atoms with E-state index in [1.807, 2.05) is 0 Å². The molecule has 16 rings (SSSR count). The summed E-state index contributed by atoms with van der Waals surface area (Å²) in [5.74, 6) is 0. The van der Waals surface area contributed by atoms with Gasteiger partial charge in [-0.2, -0.15) is 0 Å². The van der Waals surface area contributed by atoms with Gasteiger partial charge in [0.1, 0.15) is 11.2 Å². The van der Waals surface area contributed by atoms with E-state index in [0.717, 1.165) is 78.2 Å². The fourth-order valence-corrected chi connectivity index (χ4v) is 14.7. The van der Waals surface area contributed by atoms with E-state index >= 15 is 0 Å². The van der Waals surface area contributed by atoms with Gasteiger partial charge in [-0.15, -0.1) is 0 Å². The Balaban J connectivity index is 0.755. The van der Waals surface area contributed by atoms with Gasteiger partial charge in [-0.25, -0.2) is 0 Å². The maximum Gasteiger partial charge on any atom is 0.135 e. The van der Waals surface area contributed by atoms with Crippen LogP contribution in [0.5, 0.6) is 0 Å². The van der Waals surface area contributed by atoms with Crippen molar-refractivity contribution < 1.29 is 30.0 Å². The van der Waals surface area contributed by atoms with Crippen LogP contribution in [0.15, 0.2) is 239 Å². The number of para-hydroxylation sites is 4. The number of hydrogen-bond acceptors (Lipinski definition) is 2. The van der Waals surface area contributed by atoms with Crippen LogP contribution in [-0.4, -0.2) is 13.6 Å². The topological polar surface area (TPSA) is 36.1 Å². The number of aromatic nitrogens is 2. The molecule has 0 N–H and O–H groups in total. The molecular weight excluding hydrogens is 1000 g/mol. The van der Waals surface area contributed by atoms with E-state index in [4.69, 9.17) is 8.83 Å². The van der Waals surface area contributed by atoms with Gasteiger partial charge in [0.05, 0.1) is 11.0 Å². The van der Waals surface area contributed by atoms with Crippen molar-refractivity contribution in [3.05, 3.63) is 240 Å². The molecule has 11 aromatic carbocycles. The van der Waals surface area contributed by atoms with E-state index in [2.05, 4.69) is 240 Å². The molecule has 344 valence electrons. The van der Waals surface area contributed by atoms with Crippen LogP contribution in [0.3, 0.4) is 0 Å². The second-order valence-electron chi connectivity index (χ2n) is 19.4. The first-order valence-corrected chi connectivity index (χ1v) is 27.6. The molecule has 0 amide bonds. The summed E-state index contributed by atoms with van der Waals surface area (Å²) in [7, 11) is 0. The average Bonchev–Trinajstić information content (AvgIpc) is 4.17. The molecule has 0 spiro atoms. The predicted octanol–water partition coefficient (Wildman–Crippen LogP) is 15.2. The number of furan rings is 2. The SMILES string of the molecule is c1cc(-c2ccc3oc4ccc(-c5ccc6c(c5)-c5cc(-n7c8ccccc8c8ccccc87)ccc5[I-]CC6)cc4c3c2)cc(-c2ccc3oc4ccc(-n5c6ccccc6c6ccccc65)cc4c3c2)c1. The molecule has 0 fully saturated rings. The van der Waals surface area contributed by atoms with Crippen LogP contribution >= 0.6 is 0 Å². The molecule has 0 atom stereocenters. The summed E-state index contributed by atoms with van der Waals surface area (Å²) in [5, 5.41) is 9.52. The van der Waals surface area contributed by atoms with Gasteiger partial charge >= 0.3 is 254 Å². The third-order valence-corrected chi connectivity index (χ3v) is 18.3. The minimum Gasteiger partial charge on any atom is -0.456 e. The minimum atomic E-state index is -0.119. The Morgan fingerprint density at radius 3 is 1.23 bits per heavy atom. The first-order chi connectivity index (χ1) is 36.1. The van der Waals surface area contributed by atoms with E-state index in [0.29, 0.717) is 0 Å². The summed E-state index contributed by atoms with van der Waals surface area (Å²) in [6.45, 7) is 0. The van der Waals surface area contributed by atoms with Crippen LogP contribution in [0.4, 0.5) is 0 Å². The zero-order chi connectivity index (χ0) is 47.7. The Morgan fingerprint density at radius 2 is 0.712 bits per heavy atom. The summed E-state index contributed by atoms with van der Waals surface area (Å²) in [6.07, 6.45) is 1.11. The first kappa shape index (κ1) is 41.0. The van der Waals surface area contributed by atoms with E-state index in [-0.39, 0.29) is 21.2 Å². The van der Waals surface area contributed by atoms with Crippen molar-refractivity contribution in [2.45, 2.75) is 6.42 Å². The van der Waals surface area contributed by atoms with E-state index in [1.165, 1.54) is 85.1 Å². The molecule has 4 aromatic heterocycles. The molecule has 4 nitrogen and oxygen atoms in total. The molecule has 0 saturated heterocycles. The summed E-state index contributed by atoms with van der Waals surface area (Å²) in [5.41, 5.74) is 21.9. The van der Waals surface area contributed by atoms with Crippen LogP contribution in [0.1, 0.15) is 5.56 Å². The van der Waals surface area contributed by atoms with Crippen molar-refractivity contribution in [2.75, 3.05) is 4.43 Å². The van der Waals surface area contributed by atoms with Gasteiger partial charge in [-0.3, -0.25) is 0 Å². The molecule has 0 aliphatic carbocycles. The summed E-state index contributed by atoms with van der Waals surface area (Å²) < 4.78 is 20.6. The van der Waals surface area contributed by atoms with E-state index in [9.17, 15) is 0 Å². The second kappa shape index (κ2) is 15.9. The van der Waals surface area contributed by atoms with Gasteiger partial charge in [0.25, 0.3) is 0 Å². The van der Waals surface area contributed by atoms with Crippen molar-refractivity contribution in [3.63, 3.8) is 0 Å². The molecule has 1 aliphatic rings. The third-order valence-electron chi connectivity index (χ3n) is 15.4. The van der Waals surface area contributed by atoms with E-state index < -0.39 is 0 Å². The second-order valence-corrected chi connectivity index (χ2v) is 22.5. The number of nitrogens with zero attached hydrogens (tertiary/aromatic N) is 2. The molecule has 0 radical (unpaired) electrons. The van der Waals surface area contributed by atoms with Crippen molar-refractivity contribution in [2.24, 2.45) is 0 Å². The zero-order valence-corrected chi connectivity index (χ0v) is 41.6. The van der Waals surface area contributed by atoms with Crippen LogP contribution in [0.2, 0.25) is 0 Å². The Kier molecular flexibility index (Phi) is 8.95. The maximum absolute atomic E-state index is 6.52. The number of hydrogen-bond donors (Lipinski definition) is 0. The van der Waals surface area contributed by atoms with Crippen molar-refractivity contribution >= 4 is 87.5 Å². The minimum absolute atomic E-state index is 0.119. The molecule has 0 unspecified atom stereocenters. The Bertz CT molecular complexity index is 4690. The normalized spacial score (nSPS) is 12.9. The van der Waals surface area contributed by atoms with Crippen LogP contribution in [0, 0.1) is 3.57 Å². The van der Waals surface area contributed by atoms with E-state index in [1.54, 1.807) is 0 Å². The molecule has 5 heterocycles. The average molecular weight is 1050 g/mol. The zero-order valence-electron chi connectivity index (χ0n) is 39.4. The molecule has 0 saturated carbocycles. The summed E-state index contributed by atoms with van der Waals surface area (Å²) in [4.78, 5) is 0. The number of fused-ring (bicyclic) bond motifs is 15. The number of alkyl halides is 1. The quantitative estimate of drug-likeness (QED) is 0.127. The van der Waals surface area contributed by atoms with Gasteiger partial charge in [0.15, 0.2) is 0 Å². The van der Waals surface area contributed by atoms with Crippen LogP contribution < -0.4 is 21.2 Å². The van der Waals surface area contributed by atoms with Crippen molar-refractivity contribution in [1.82, 2.24) is 9.13 Å². The van der Waals surface area contributed by atoms with Gasteiger partial charge in [-0.05, 0) is 59.7 Å². The fraction of sp³-hybridized carbons (Fsp3) is 0.0294. The van der Waals surface area contributed by atoms with Crippen LogP contribution in [0.25, 0.3) is 143 Å². The number of benzene rings is 11. The number of halogens is 1. The third kappa shape index (κ3) is 6.38. The molecule has 73 heavy (non-hydrogen) atoms. The number of rotatable bonds is 5. The Labute approximate surface area is 430 Å². The Hall–Kier alpha value is -8.65. The van der Waals surface area contributed by atoms with Crippen LogP contribution in [-0.2, 0) is 6.42 Å². The Morgan fingerprint density at radius 1 is 0.301 bits per heavy atom. The fourth-order valence-electron chi connectivity index (χ4n) is 12.0. The molecule has 5 heteroatoms. The van der Waals surface area contributed by atoms with Gasteiger partial charge in [0.2, 0.25) is 0 Å². The molecular formula is C68H42IN2O2-. The molecule has 0 bridgehead atoms. The largest absolute Gasteiger partial charge is 0.456 e. The number of aryl methyl sites for hydroxylation is 1. The van der Waals surface area contributed by atoms with Gasteiger partial charge in [-0.1, -0.05) is 60.7 Å². The van der Waals surface area contributed by atoms with Gasteiger partial charge < -0.3 is 8.98 Å². The maximum atomic E-state index is 6.52. The van der Waals surface area contributed by atoms with Crippen molar-refractivity contribution in [3.8, 4) is 55.9 Å².